The first kappa shape index (κ1) is 24.2. The van der Waals surface area contributed by atoms with E-state index >= 15 is 0 Å². The first-order valence-corrected chi connectivity index (χ1v) is 14.3. The molecule has 0 spiro atoms. The molecule has 0 saturated carbocycles. The number of hydrogen-bond donors (Lipinski definition) is 2. The molecule has 2 atom stereocenters. The fourth-order valence-corrected chi connectivity index (χ4v) is 6.30. The van der Waals surface area contributed by atoms with E-state index in [0.717, 1.165) is 70.8 Å². The maximum absolute atomic E-state index is 10.1. The van der Waals surface area contributed by atoms with Gasteiger partial charge in [0.15, 0.2) is 6.10 Å². The number of aromatic hydroxyl groups is 1. The summed E-state index contributed by atoms with van der Waals surface area (Å²) in [4.78, 5) is 1.21. The van der Waals surface area contributed by atoms with Crippen molar-refractivity contribution in [2.45, 2.75) is 37.2 Å². The van der Waals surface area contributed by atoms with Gasteiger partial charge >= 0.3 is 0 Å². The molecule has 0 radical (unpaired) electrons. The third-order valence-corrected chi connectivity index (χ3v) is 8.36. The Hall–Kier alpha value is -3.15. The summed E-state index contributed by atoms with van der Waals surface area (Å²) in [5.74, 6) is 3.81. The number of fused-ring (bicyclic) bond motifs is 5. The van der Waals surface area contributed by atoms with Crippen molar-refractivity contribution < 1.29 is 14.6 Å². The van der Waals surface area contributed by atoms with Crippen molar-refractivity contribution in [3.8, 4) is 28.4 Å². The molecule has 2 heterocycles. The van der Waals surface area contributed by atoms with Crippen molar-refractivity contribution in [3.05, 3.63) is 83.9 Å². The van der Waals surface area contributed by atoms with Crippen LogP contribution >= 0.6 is 11.8 Å². The molecule has 2 N–H and O–H groups in total. The van der Waals surface area contributed by atoms with E-state index in [1.54, 1.807) is 6.07 Å². The van der Waals surface area contributed by atoms with Gasteiger partial charge in [0.05, 0.1) is 6.61 Å². The van der Waals surface area contributed by atoms with Crippen molar-refractivity contribution in [3.63, 3.8) is 0 Å². The van der Waals surface area contributed by atoms with Crippen LogP contribution in [0.1, 0.15) is 43.4 Å². The molecule has 1 saturated heterocycles. The summed E-state index contributed by atoms with van der Waals surface area (Å²) in [5, 5.41) is 15.7. The number of phenolic OH excluding ortho intramolecular Hbond substituents is 1. The van der Waals surface area contributed by atoms with E-state index in [1.165, 1.54) is 23.3 Å². The minimum Gasteiger partial charge on any atom is -0.508 e. The SMILES string of the molecule is CCSc1ccc2c(c1)OC(c1ccc(OCCC3CCCNC3)cc1)c1c-2ccc2cc(O)ccc12. The first-order valence-electron chi connectivity index (χ1n) is 13.3. The van der Waals surface area contributed by atoms with Crippen LogP contribution in [0.15, 0.2) is 77.7 Å². The molecular formula is C32H33NO3S. The van der Waals surface area contributed by atoms with Gasteiger partial charge in [0, 0.05) is 16.0 Å². The zero-order valence-electron chi connectivity index (χ0n) is 21.2. The van der Waals surface area contributed by atoms with Crippen molar-refractivity contribution in [1.82, 2.24) is 5.32 Å². The topological polar surface area (TPSA) is 50.7 Å². The van der Waals surface area contributed by atoms with Crippen LogP contribution in [-0.2, 0) is 0 Å². The van der Waals surface area contributed by atoms with Crippen LogP contribution in [0.25, 0.3) is 21.9 Å². The lowest BCUT2D eigenvalue weighted by Gasteiger charge is -2.31. The Morgan fingerprint density at radius 3 is 2.68 bits per heavy atom. The molecule has 0 bridgehead atoms. The highest BCUT2D eigenvalue weighted by Gasteiger charge is 2.29. The Morgan fingerprint density at radius 2 is 1.86 bits per heavy atom. The summed E-state index contributed by atoms with van der Waals surface area (Å²) in [6.07, 6.45) is 3.39. The molecule has 2 unspecified atom stereocenters. The van der Waals surface area contributed by atoms with Crippen LogP contribution < -0.4 is 14.8 Å². The molecule has 2 aliphatic heterocycles. The summed E-state index contributed by atoms with van der Waals surface area (Å²) < 4.78 is 12.9. The molecule has 5 heteroatoms. The second kappa shape index (κ2) is 10.7. The molecule has 0 aromatic heterocycles. The van der Waals surface area contributed by atoms with E-state index < -0.39 is 0 Å². The third kappa shape index (κ3) is 5.03. The Kier molecular flexibility index (Phi) is 6.99. The van der Waals surface area contributed by atoms with Crippen LogP contribution in [0.3, 0.4) is 0 Å². The van der Waals surface area contributed by atoms with Gasteiger partial charge in [0.2, 0.25) is 0 Å². The molecule has 0 aliphatic carbocycles. The van der Waals surface area contributed by atoms with E-state index in [2.05, 4.69) is 66.8 Å². The Bertz CT molecular complexity index is 1400. The van der Waals surface area contributed by atoms with Crippen molar-refractivity contribution in [2.75, 3.05) is 25.4 Å². The van der Waals surface area contributed by atoms with E-state index in [-0.39, 0.29) is 11.9 Å². The predicted molar refractivity (Wildman–Crippen MR) is 152 cm³/mol. The number of nitrogens with one attached hydrogen (secondary N) is 1. The summed E-state index contributed by atoms with van der Waals surface area (Å²) in [6, 6.07) is 24.7. The van der Waals surface area contributed by atoms with E-state index in [9.17, 15) is 5.11 Å². The molecule has 4 aromatic carbocycles. The highest BCUT2D eigenvalue weighted by atomic mass is 32.2. The Morgan fingerprint density at radius 1 is 1.00 bits per heavy atom. The fourth-order valence-electron chi connectivity index (χ4n) is 5.61. The number of phenols is 1. The van der Waals surface area contributed by atoms with E-state index in [4.69, 9.17) is 9.47 Å². The molecule has 2 aliphatic rings. The van der Waals surface area contributed by atoms with Gasteiger partial charge in [-0.15, -0.1) is 11.8 Å². The smallest absolute Gasteiger partial charge is 0.150 e. The lowest BCUT2D eigenvalue weighted by atomic mass is 9.86. The number of thioether (sulfide) groups is 1. The average molecular weight is 512 g/mol. The van der Waals surface area contributed by atoms with Crippen molar-refractivity contribution in [2.24, 2.45) is 5.92 Å². The minimum absolute atomic E-state index is 0.250. The maximum Gasteiger partial charge on any atom is 0.150 e. The maximum atomic E-state index is 10.1. The summed E-state index contributed by atoms with van der Waals surface area (Å²) in [6.45, 7) is 5.16. The van der Waals surface area contributed by atoms with Crippen molar-refractivity contribution >= 4 is 22.5 Å². The van der Waals surface area contributed by atoms with Gasteiger partial charge in [0.25, 0.3) is 0 Å². The lowest BCUT2D eigenvalue weighted by Crippen LogP contribution is -2.30. The van der Waals surface area contributed by atoms with Crippen LogP contribution in [0.2, 0.25) is 0 Å². The second-order valence-corrected chi connectivity index (χ2v) is 11.3. The largest absolute Gasteiger partial charge is 0.508 e. The molecule has 6 rings (SSSR count). The first-order chi connectivity index (χ1) is 18.2. The normalized spacial score (nSPS) is 18.6. The monoisotopic (exact) mass is 511 g/mol. The fraction of sp³-hybridized carbons (Fsp3) is 0.312. The summed E-state index contributed by atoms with van der Waals surface area (Å²) in [7, 11) is 0. The second-order valence-electron chi connectivity index (χ2n) is 9.94. The van der Waals surface area contributed by atoms with Crippen molar-refractivity contribution in [1.29, 1.82) is 0 Å². The van der Waals surface area contributed by atoms with Crippen LogP contribution in [0.4, 0.5) is 0 Å². The third-order valence-electron chi connectivity index (χ3n) is 7.48. The summed E-state index contributed by atoms with van der Waals surface area (Å²) in [5.41, 5.74) is 4.52. The highest BCUT2D eigenvalue weighted by molar-refractivity contribution is 7.99. The lowest BCUT2D eigenvalue weighted by molar-refractivity contribution is 0.243. The molecule has 4 aromatic rings. The molecule has 190 valence electrons. The Balaban J connectivity index is 1.32. The Labute approximate surface area is 223 Å². The molecular weight excluding hydrogens is 478 g/mol. The standard InChI is InChI=1S/C32H33NO3S/c1-2-37-26-11-14-28-29-12-7-23-18-24(34)8-13-27(23)31(29)32(36-30(28)19-26)22-5-9-25(10-6-22)35-17-15-21-4-3-16-33-20-21/h5-14,18-19,21,32-34H,2-4,15-17,20H2,1H3. The highest BCUT2D eigenvalue weighted by Crippen LogP contribution is 2.48. The van der Waals surface area contributed by atoms with Gasteiger partial charge in [0.1, 0.15) is 17.2 Å². The van der Waals surface area contributed by atoms with Gasteiger partial charge in [-0.3, -0.25) is 0 Å². The van der Waals surface area contributed by atoms with Gasteiger partial charge < -0.3 is 19.9 Å². The number of ether oxygens (including phenoxy) is 2. The number of rotatable bonds is 7. The molecule has 1 fully saturated rings. The minimum atomic E-state index is -0.250. The number of benzene rings is 4. The van der Waals surface area contributed by atoms with Gasteiger partial charge in [-0.25, -0.2) is 0 Å². The zero-order chi connectivity index (χ0) is 25.2. The quantitative estimate of drug-likeness (QED) is 0.251. The molecule has 37 heavy (non-hydrogen) atoms. The number of piperidine rings is 1. The van der Waals surface area contributed by atoms with Crippen LogP contribution in [-0.4, -0.2) is 30.6 Å². The van der Waals surface area contributed by atoms with E-state index in [0.29, 0.717) is 5.92 Å². The predicted octanol–water partition coefficient (Wildman–Crippen LogP) is 7.57. The molecule has 4 nitrogen and oxygen atoms in total. The number of hydrogen-bond acceptors (Lipinski definition) is 5. The zero-order valence-corrected chi connectivity index (χ0v) is 22.0. The van der Waals surface area contributed by atoms with Crippen LogP contribution in [0.5, 0.6) is 17.2 Å². The van der Waals surface area contributed by atoms with Gasteiger partial charge in [-0.05, 0) is 108 Å². The van der Waals surface area contributed by atoms with Gasteiger partial charge in [-0.1, -0.05) is 37.3 Å². The van der Waals surface area contributed by atoms with Gasteiger partial charge in [-0.2, -0.15) is 0 Å². The van der Waals surface area contributed by atoms with Crippen LogP contribution in [0, 0.1) is 5.92 Å². The summed E-state index contributed by atoms with van der Waals surface area (Å²) >= 11 is 1.82. The average Bonchev–Trinajstić information content (AvgIpc) is 2.93. The molecule has 0 amide bonds. The van der Waals surface area contributed by atoms with E-state index in [1.807, 2.05) is 23.9 Å².